The molecule has 1 unspecified atom stereocenters. The van der Waals surface area contributed by atoms with Gasteiger partial charge in [0.05, 0.1) is 0 Å². The lowest BCUT2D eigenvalue weighted by Gasteiger charge is -2.11. The van der Waals surface area contributed by atoms with Gasteiger partial charge in [0.25, 0.3) is 0 Å². The molecule has 1 aliphatic heterocycles. The summed E-state index contributed by atoms with van der Waals surface area (Å²) < 4.78 is 5.75. The predicted molar refractivity (Wildman–Crippen MR) is 92.0 cm³/mol. The van der Waals surface area contributed by atoms with Gasteiger partial charge in [-0.25, -0.2) is 0 Å². The first-order valence-electron chi connectivity index (χ1n) is 8.11. The quantitative estimate of drug-likeness (QED) is 0.855. The zero-order valence-corrected chi connectivity index (χ0v) is 13.3. The van der Waals surface area contributed by atoms with Gasteiger partial charge in [-0.15, -0.1) is 0 Å². The van der Waals surface area contributed by atoms with E-state index in [9.17, 15) is 9.59 Å². The number of nitrogens with one attached hydrogen (secondary N) is 2. The van der Waals surface area contributed by atoms with Crippen molar-refractivity contribution in [1.82, 2.24) is 5.32 Å². The van der Waals surface area contributed by atoms with Gasteiger partial charge in [0, 0.05) is 30.6 Å². The van der Waals surface area contributed by atoms with Crippen molar-refractivity contribution in [1.29, 1.82) is 0 Å². The monoisotopic (exact) mass is 324 g/mol. The van der Waals surface area contributed by atoms with Gasteiger partial charge in [-0.3, -0.25) is 9.59 Å². The van der Waals surface area contributed by atoms with Gasteiger partial charge in [-0.2, -0.15) is 0 Å². The van der Waals surface area contributed by atoms with Crippen LogP contribution in [0.5, 0.6) is 11.5 Å². The molecule has 2 aromatic carbocycles. The highest BCUT2D eigenvalue weighted by atomic mass is 16.5. The molecule has 3 rings (SSSR count). The van der Waals surface area contributed by atoms with Gasteiger partial charge in [0.15, 0.2) is 0 Å². The molecule has 2 amide bonds. The first kappa shape index (κ1) is 16.1. The minimum atomic E-state index is -0.0620. The molecular weight excluding hydrogens is 304 g/mol. The molecule has 1 aliphatic rings. The van der Waals surface area contributed by atoms with E-state index in [-0.39, 0.29) is 17.9 Å². The molecule has 1 saturated heterocycles. The Balaban J connectivity index is 1.52. The SMILES string of the molecule is O=C(CCC1CCC(=O)N1)Nc1cccc(Oc2ccccc2)c1. The zero-order chi connectivity index (χ0) is 16.8. The fourth-order valence-corrected chi connectivity index (χ4v) is 2.68. The standard InChI is InChI=1S/C19H20N2O3/c22-18-11-9-14(20-18)10-12-19(23)21-15-5-4-8-17(13-15)24-16-6-2-1-3-7-16/h1-8,13-14H,9-12H2,(H,20,22)(H,21,23). The van der Waals surface area contributed by atoms with Crippen molar-refractivity contribution < 1.29 is 14.3 Å². The topological polar surface area (TPSA) is 67.4 Å². The number of hydrogen-bond donors (Lipinski definition) is 2. The lowest BCUT2D eigenvalue weighted by atomic mass is 10.1. The molecule has 2 N–H and O–H groups in total. The number of rotatable bonds is 6. The van der Waals surface area contributed by atoms with E-state index >= 15 is 0 Å². The van der Waals surface area contributed by atoms with E-state index < -0.39 is 0 Å². The lowest BCUT2D eigenvalue weighted by Crippen LogP contribution is -2.26. The van der Waals surface area contributed by atoms with Gasteiger partial charge in [-0.05, 0) is 37.1 Å². The van der Waals surface area contributed by atoms with Crippen LogP contribution in [0.4, 0.5) is 5.69 Å². The van der Waals surface area contributed by atoms with Crippen molar-refractivity contribution in [3.63, 3.8) is 0 Å². The van der Waals surface area contributed by atoms with E-state index in [1.807, 2.05) is 48.5 Å². The van der Waals surface area contributed by atoms with Gasteiger partial charge in [0.2, 0.25) is 11.8 Å². The minimum Gasteiger partial charge on any atom is -0.457 e. The van der Waals surface area contributed by atoms with Crippen LogP contribution in [-0.4, -0.2) is 17.9 Å². The average Bonchev–Trinajstić information content (AvgIpc) is 3.00. The smallest absolute Gasteiger partial charge is 0.224 e. The van der Waals surface area contributed by atoms with Gasteiger partial charge >= 0.3 is 0 Å². The third-order valence-electron chi connectivity index (χ3n) is 3.90. The molecule has 124 valence electrons. The minimum absolute atomic E-state index is 0.0620. The van der Waals surface area contributed by atoms with Crippen LogP contribution < -0.4 is 15.4 Å². The molecule has 0 aromatic heterocycles. The zero-order valence-electron chi connectivity index (χ0n) is 13.3. The summed E-state index contributed by atoms with van der Waals surface area (Å²) in [5.74, 6) is 1.43. The second-order valence-corrected chi connectivity index (χ2v) is 5.83. The van der Waals surface area contributed by atoms with Crippen molar-refractivity contribution in [2.45, 2.75) is 31.7 Å². The predicted octanol–water partition coefficient (Wildman–Crippen LogP) is 3.48. The molecule has 0 spiro atoms. The normalized spacial score (nSPS) is 16.5. The van der Waals surface area contributed by atoms with Gasteiger partial charge in [0.1, 0.15) is 11.5 Å². The summed E-state index contributed by atoms with van der Waals surface area (Å²) >= 11 is 0. The Morgan fingerprint density at radius 2 is 1.92 bits per heavy atom. The fourth-order valence-electron chi connectivity index (χ4n) is 2.68. The second kappa shape index (κ2) is 7.64. The summed E-state index contributed by atoms with van der Waals surface area (Å²) in [6.07, 6.45) is 2.42. The maximum Gasteiger partial charge on any atom is 0.224 e. The largest absolute Gasteiger partial charge is 0.457 e. The Labute approximate surface area is 141 Å². The van der Waals surface area contributed by atoms with E-state index in [2.05, 4.69) is 10.6 Å². The number of anilines is 1. The third-order valence-corrected chi connectivity index (χ3v) is 3.90. The molecule has 0 aliphatic carbocycles. The maximum atomic E-state index is 12.1. The number of carbonyl (C=O) groups is 2. The number of para-hydroxylation sites is 1. The van der Waals surface area contributed by atoms with Crippen LogP contribution in [0.25, 0.3) is 0 Å². The summed E-state index contributed by atoms with van der Waals surface area (Å²) in [4.78, 5) is 23.2. The first-order valence-corrected chi connectivity index (χ1v) is 8.11. The Morgan fingerprint density at radius 1 is 1.12 bits per heavy atom. The highest BCUT2D eigenvalue weighted by Crippen LogP contribution is 2.24. The molecule has 1 atom stereocenters. The van der Waals surface area contributed by atoms with Gasteiger partial charge < -0.3 is 15.4 Å². The Morgan fingerprint density at radius 3 is 2.67 bits per heavy atom. The van der Waals surface area contributed by atoms with Crippen LogP contribution in [0, 0.1) is 0 Å². The Kier molecular flexibility index (Phi) is 5.11. The van der Waals surface area contributed by atoms with Gasteiger partial charge in [-0.1, -0.05) is 24.3 Å². The Bertz CT molecular complexity index is 716. The number of amides is 2. The highest BCUT2D eigenvalue weighted by Gasteiger charge is 2.21. The summed E-state index contributed by atoms with van der Waals surface area (Å²) in [6.45, 7) is 0. The van der Waals surface area contributed by atoms with Crippen molar-refractivity contribution in [3.8, 4) is 11.5 Å². The average molecular weight is 324 g/mol. The summed E-state index contributed by atoms with van der Waals surface area (Å²) in [5.41, 5.74) is 0.698. The molecule has 1 fully saturated rings. The summed E-state index contributed by atoms with van der Waals surface area (Å²) in [7, 11) is 0. The number of ether oxygens (including phenoxy) is 1. The van der Waals surface area contributed by atoms with E-state index in [1.54, 1.807) is 6.07 Å². The van der Waals surface area contributed by atoms with Crippen LogP contribution in [0.2, 0.25) is 0 Å². The van der Waals surface area contributed by atoms with Crippen LogP contribution in [0.15, 0.2) is 54.6 Å². The van der Waals surface area contributed by atoms with Crippen molar-refractivity contribution >= 4 is 17.5 Å². The fraction of sp³-hybridized carbons (Fsp3) is 0.263. The molecule has 1 heterocycles. The van der Waals surface area contributed by atoms with Crippen LogP contribution in [0.1, 0.15) is 25.7 Å². The number of benzene rings is 2. The molecule has 0 bridgehead atoms. The Hall–Kier alpha value is -2.82. The van der Waals surface area contributed by atoms with Crippen LogP contribution in [0.3, 0.4) is 0 Å². The summed E-state index contributed by atoms with van der Waals surface area (Å²) in [5, 5.41) is 5.74. The van der Waals surface area contributed by atoms with E-state index in [0.717, 1.165) is 12.2 Å². The second-order valence-electron chi connectivity index (χ2n) is 5.83. The lowest BCUT2D eigenvalue weighted by molar-refractivity contribution is -0.120. The molecule has 0 radical (unpaired) electrons. The molecule has 24 heavy (non-hydrogen) atoms. The molecule has 2 aromatic rings. The summed E-state index contributed by atoms with van der Waals surface area (Å²) in [6, 6.07) is 16.9. The molecule has 5 nitrogen and oxygen atoms in total. The van der Waals surface area contributed by atoms with Crippen molar-refractivity contribution in [2.24, 2.45) is 0 Å². The number of hydrogen-bond acceptors (Lipinski definition) is 3. The maximum absolute atomic E-state index is 12.1. The third kappa shape index (κ3) is 4.59. The first-order chi connectivity index (χ1) is 11.7. The number of carbonyl (C=O) groups excluding carboxylic acids is 2. The molecule has 0 saturated carbocycles. The van der Waals surface area contributed by atoms with Crippen molar-refractivity contribution in [3.05, 3.63) is 54.6 Å². The van der Waals surface area contributed by atoms with E-state index in [0.29, 0.717) is 30.7 Å². The van der Waals surface area contributed by atoms with E-state index in [4.69, 9.17) is 4.74 Å². The van der Waals surface area contributed by atoms with Crippen LogP contribution >= 0.6 is 0 Å². The van der Waals surface area contributed by atoms with Crippen LogP contribution in [-0.2, 0) is 9.59 Å². The van der Waals surface area contributed by atoms with Crippen molar-refractivity contribution in [2.75, 3.05) is 5.32 Å². The highest BCUT2D eigenvalue weighted by molar-refractivity contribution is 5.91. The van der Waals surface area contributed by atoms with E-state index in [1.165, 1.54) is 0 Å². The molecule has 5 heteroatoms. The molecular formula is C19H20N2O3.